The average Bonchev–Trinajstić information content (AvgIpc) is 3.37. The molecule has 1 saturated heterocycles. The summed E-state index contributed by atoms with van der Waals surface area (Å²) in [6, 6.07) is 17.5. The van der Waals surface area contributed by atoms with Gasteiger partial charge in [0.15, 0.2) is 12.0 Å². The zero-order valence-electron chi connectivity index (χ0n) is 18.6. The van der Waals surface area contributed by atoms with Gasteiger partial charge in [0.05, 0.1) is 16.4 Å². The quantitative estimate of drug-likeness (QED) is 0.464. The molecule has 0 radical (unpaired) electrons. The molecule has 32 heavy (non-hydrogen) atoms. The summed E-state index contributed by atoms with van der Waals surface area (Å²) in [7, 11) is 0. The minimum atomic E-state index is -0.763. The zero-order chi connectivity index (χ0) is 22.9. The van der Waals surface area contributed by atoms with Crippen LogP contribution in [0.15, 0.2) is 54.7 Å². The molecule has 2 atom stereocenters. The molecule has 1 aliphatic rings. The number of nitrogens with zero attached hydrogens (tertiary/aromatic N) is 1. The molecule has 2 N–H and O–H groups in total. The third kappa shape index (κ3) is 4.17. The van der Waals surface area contributed by atoms with E-state index >= 15 is 0 Å². The van der Waals surface area contributed by atoms with Crippen molar-refractivity contribution in [3.05, 3.63) is 71.4 Å². The number of Topliss-reactive ketones (excluding diaryl/α,β-unsaturated/α-hetero) is 1. The van der Waals surface area contributed by atoms with Crippen molar-refractivity contribution in [3.63, 3.8) is 0 Å². The molecular formula is C26H27N3O3. The molecule has 6 heteroatoms. The van der Waals surface area contributed by atoms with Crippen molar-refractivity contribution in [2.24, 2.45) is 10.8 Å². The largest absolute Gasteiger partial charge is 0.446 e. The molecule has 4 rings (SSSR count). The Morgan fingerprint density at radius 1 is 1.19 bits per heavy atom. The van der Waals surface area contributed by atoms with Crippen LogP contribution in [0.4, 0.5) is 0 Å². The number of hydrogen-bond donors (Lipinski definition) is 2. The van der Waals surface area contributed by atoms with E-state index in [1.165, 1.54) is 0 Å². The number of fused-ring (bicyclic) bond motifs is 1. The maximum Gasteiger partial charge on any atom is 0.312 e. The number of H-pyrrole nitrogens is 1. The monoisotopic (exact) mass is 429 g/mol. The van der Waals surface area contributed by atoms with Gasteiger partial charge in [-0.1, -0.05) is 30.3 Å². The number of ketones is 1. The summed E-state index contributed by atoms with van der Waals surface area (Å²) in [5.74, 6) is -0.319. The van der Waals surface area contributed by atoms with Gasteiger partial charge in [-0.15, -0.1) is 0 Å². The molecule has 0 bridgehead atoms. The molecule has 0 amide bonds. The van der Waals surface area contributed by atoms with Gasteiger partial charge in [-0.25, -0.2) is 0 Å². The van der Waals surface area contributed by atoms with Crippen molar-refractivity contribution in [1.29, 1.82) is 5.26 Å². The third-order valence-corrected chi connectivity index (χ3v) is 6.04. The molecule has 2 unspecified atom stereocenters. The van der Waals surface area contributed by atoms with E-state index in [0.717, 1.165) is 16.5 Å². The van der Waals surface area contributed by atoms with Crippen LogP contribution in [0, 0.1) is 22.2 Å². The van der Waals surface area contributed by atoms with E-state index in [-0.39, 0.29) is 11.8 Å². The lowest BCUT2D eigenvalue weighted by molar-refractivity contribution is -0.159. The number of aromatic amines is 1. The highest BCUT2D eigenvalue weighted by Gasteiger charge is 2.47. The van der Waals surface area contributed by atoms with Gasteiger partial charge in [-0.3, -0.25) is 14.9 Å². The van der Waals surface area contributed by atoms with Crippen LogP contribution in [-0.2, 0) is 16.0 Å². The maximum absolute atomic E-state index is 13.9. The summed E-state index contributed by atoms with van der Waals surface area (Å²) in [5, 5.41) is 13.4. The summed E-state index contributed by atoms with van der Waals surface area (Å²) in [6.07, 6.45) is 2.04. The molecule has 3 aromatic rings. The maximum atomic E-state index is 13.9. The first-order valence-electron chi connectivity index (χ1n) is 10.8. The predicted octanol–water partition coefficient (Wildman–Crippen LogP) is 4.36. The topological polar surface area (TPSA) is 95.0 Å². The normalized spacial score (nSPS) is 20.8. The van der Waals surface area contributed by atoms with Crippen molar-refractivity contribution in [3.8, 4) is 6.07 Å². The van der Waals surface area contributed by atoms with Gasteiger partial charge in [0.1, 0.15) is 6.07 Å². The van der Waals surface area contributed by atoms with E-state index in [1.807, 2.05) is 57.2 Å². The second-order valence-electron chi connectivity index (χ2n) is 9.58. The van der Waals surface area contributed by atoms with Crippen LogP contribution in [0.1, 0.15) is 48.7 Å². The minimum absolute atomic E-state index is 0.0184. The second kappa shape index (κ2) is 8.25. The molecule has 0 spiro atoms. The smallest absolute Gasteiger partial charge is 0.312 e. The number of ether oxygens (including phenoxy) is 1. The molecule has 1 aliphatic heterocycles. The Hall–Kier alpha value is -3.43. The number of esters is 1. The summed E-state index contributed by atoms with van der Waals surface area (Å²) in [6.45, 7) is 5.84. The fourth-order valence-electron chi connectivity index (χ4n) is 4.23. The van der Waals surface area contributed by atoms with Crippen molar-refractivity contribution in [2.75, 3.05) is 6.54 Å². The number of nitrogens with one attached hydrogen (secondary N) is 2. The molecule has 6 nitrogen and oxygen atoms in total. The van der Waals surface area contributed by atoms with Crippen molar-refractivity contribution in [1.82, 2.24) is 10.3 Å². The van der Waals surface area contributed by atoms with Crippen LogP contribution >= 0.6 is 0 Å². The van der Waals surface area contributed by atoms with Gasteiger partial charge in [0.2, 0.25) is 0 Å². The summed E-state index contributed by atoms with van der Waals surface area (Å²) < 4.78 is 5.70. The van der Waals surface area contributed by atoms with E-state index in [4.69, 9.17) is 4.74 Å². The number of aromatic nitrogens is 1. The van der Waals surface area contributed by atoms with Crippen LogP contribution < -0.4 is 5.32 Å². The van der Waals surface area contributed by atoms with Crippen LogP contribution in [0.25, 0.3) is 10.9 Å². The first kappa shape index (κ1) is 21.8. The lowest BCUT2D eigenvalue weighted by atomic mass is 9.74. The zero-order valence-corrected chi connectivity index (χ0v) is 18.6. The number of carbonyl (C=O) groups excluding carboxylic acids is 2. The van der Waals surface area contributed by atoms with E-state index in [9.17, 15) is 14.9 Å². The molecule has 2 heterocycles. The van der Waals surface area contributed by atoms with Gasteiger partial charge >= 0.3 is 5.97 Å². The number of rotatable bonds is 5. The molecule has 0 aliphatic carbocycles. The van der Waals surface area contributed by atoms with E-state index < -0.39 is 17.1 Å². The minimum Gasteiger partial charge on any atom is -0.446 e. The summed E-state index contributed by atoms with van der Waals surface area (Å²) >= 11 is 0. The van der Waals surface area contributed by atoms with Gasteiger partial charge in [-0.05, 0) is 51.0 Å². The van der Waals surface area contributed by atoms with Gasteiger partial charge in [-0.2, -0.15) is 5.26 Å². The van der Waals surface area contributed by atoms with Crippen LogP contribution in [0.2, 0.25) is 0 Å². The standard InChI is InChI=1S/C26H27N3O3/c1-25(2,3)24(31)32-22-13-26(16-29-22,12-17-7-5-4-6-8-17)23(30)18-9-10-21-20(11-18)19(14-27)15-28-21/h4-11,15,22,28-29H,12-13,16H2,1-3H3. The molecule has 164 valence electrons. The summed E-state index contributed by atoms with van der Waals surface area (Å²) in [5.41, 5.74) is 1.54. The highest BCUT2D eigenvalue weighted by Crippen LogP contribution is 2.38. The summed E-state index contributed by atoms with van der Waals surface area (Å²) in [4.78, 5) is 29.4. The van der Waals surface area contributed by atoms with Crippen LogP contribution in [-0.4, -0.2) is 29.5 Å². The first-order valence-corrected chi connectivity index (χ1v) is 10.8. The molecule has 2 aromatic carbocycles. The predicted molar refractivity (Wildman–Crippen MR) is 122 cm³/mol. The lowest BCUT2D eigenvalue weighted by Crippen LogP contribution is -2.36. The SMILES string of the molecule is CC(C)(C)C(=O)OC1CC(Cc2ccccc2)(C(=O)c2ccc3[nH]cc(C#N)c3c2)CN1. The van der Waals surface area contributed by atoms with Crippen molar-refractivity contribution >= 4 is 22.7 Å². The Morgan fingerprint density at radius 3 is 2.62 bits per heavy atom. The van der Waals surface area contributed by atoms with Crippen LogP contribution in [0.3, 0.4) is 0 Å². The highest BCUT2D eigenvalue weighted by atomic mass is 16.6. The van der Waals surface area contributed by atoms with Crippen LogP contribution in [0.5, 0.6) is 0 Å². The Morgan fingerprint density at radius 2 is 1.94 bits per heavy atom. The molecule has 1 aromatic heterocycles. The lowest BCUT2D eigenvalue weighted by Gasteiger charge is -2.27. The second-order valence-corrected chi connectivity index (χ2v) is 9.58. The van der Waals surface area contributed by atoms with E-state index in [0.29, 0.717) is 30.5 Å². The Kier molecular flexibility index (Phi) is 5.62. The number of nitriles is 1. The van der Waals surface area contributed by atoms with Gasteiger partial charge in [0, 0.05) is 35.6 Å². The van der Waals surface area contributed by atoms with E-state index in [1.54, 1.807) is 18.3 Å². The Bertz CT molecular complexity index is 1200. The molecule has 1 fully saturated rings. The average molecular weight is 430 g/mol. The number of carbonyl (C=O) groups is 2. The fraction of sp³-hybridized carbons (Fsp3) is 0.346. The number of hydrogen-bond acceptors (Lipinski definition) is 5. The van der Waals surface area contributed by atoms with Crippen molar-refractivity contribution in [2.45, 2.75) is 39.8 Å². The van der Waals surface area contributed by atoms with E-state index in [2.05, 4.69) is 16.4 Å². The Balaban J connectivity index is 1.68. The molecule has 0 saturated carbocycles. The Labute approximate surface area is 187 Å². The fourth-order valence-corrected chi connectivity index (χ4v) is 4.23. The highest BCUT2D eigenvalue weighted by molar-refractivity contribution is 6.04. The third-order valence-electron chi connectivity index (χ3n) is 6.04. The van der Waals surface area contributed by atoms with Gasteiger partial charge < -0.3 is 9.72 Å². The van der Waals surface area contributed by atoms with Gasteiger partial charge in [0.25, 0.3) is 0 Å². The van der Waals surface area contributed by atoms with Crippen molar-refractivity contribution < 1.29 is 14.3 Å². The first-order chi connectivity index (χ1) is 15.2. The molecular weight excluding hydrogens is 402 g/mol. The number of benzene rings is 2.